The molecule has 0 radical (unpaired) electrons. The van der Waals surface area contributed by atoms with E-state index < -0.39 is 11.6 Å². The predicted octanol–water partition coefficient (Wildman–Crippen LogP) is 5.19. The van der Waals surface area contributed by atoms with Crippen LogP contribution in [0.25, 0.3) is 16.8 Å². The Balaban J connectivity index is 1.57. The smallest absolute Gasteiger partial charge is 0.161 e. The monoisotopic (exact) mass is 380 g/mol. The molecule has 0 bridgehead atoms. The zero-order chi connectivity index (χ0) is 19.7. The molecule has 0 amide bonds. The topological polar surface area (TPSA) is 43.4 Å². The van der Waals surface area contributed by atoms with Crippen molar-refractivity contribution in [2.75, 3.05) is 18.5 Å². The molecular formula is C22H18F2N2O2. The second-order valence-corrected chi connectivity index (χ2v) is 6.44. The van der Waals surface area contributed by atoms with E-state index in [9.17, 15) is 8.78 Å². The minimum atomic E-state index is -0.680. The summed E-state index contributed by atoms with van der Waals surface area (Å²) in [6.07, 6.45) is 1.69. The van der Waals surface area contributed by atoms with Gasteiger partial charge in [-0.2, -0.15) is 0 Å². The maximum atomic E-state index is 13.9. The van der Waals surface area contributed by atoms with Crippen LogP contribution in [0.5, 0.6) is 11.5 Å². The normalized spacial score (nSPS) is 12.5. The Morgan fingerprint density at radius 1 is 1.04 bits per heavy atom. The number of anilines is 1. The van der Waals surface area contributed by atoms with Crippen LogP contribution in [-0.2, 0) is 0 Å². The number of aromatic nitrogens is 1. The summed E-state index contributed by atoms with van der Waals surface area (Å²) < 4.78 is 39.0. The lowest BCUT2D eigenvalue weighted by atomic mass is 10.0. The van der Waals surface area contributed by atoms with Crippen molar-refractivity contribution in [3.05, 3.63) is 78.0 Å². The van der Waals surface area contributed by atoms with E-state index >= 15 is 0 Å². The lowest BCUT2D eigenvalue weighted by molar-refractivity contribution is 0.171. The number of rotatable bonds is 4. The summed E-state index contributed by atoms with van der Waals surface area (Å²) in [5.74, 6) is 0.521. The van der Waals surface area contributed by atoms with Gasteiger partial charge in [0.1, 0.15) is 30.7 Å². The Morgan fingerprint density at radius 2 is 1.71 bits per heavy atom. The molecule has 1 N–H and O–H groups in total. The molecule has 6 heteroatoms. The second-order valence-electron chi connectivity index (χ2n) is 6.44. The highest BCUT2D eigenvalue weighted by atomic mass is 19.1. The molecular weight excluding hydrogens is 362 g/mol. The van der Waals surface area contributed by atoms with Crippen molar-refractivity contribution in [1.29, 1.82) is 0 Å². The van der Waals surface area contributed by atoms with Gasteiger partial charge >= 0.3 is 0 Å². The summed E-state index contributed by atoms with van der Waals surface area (Å²) in [4.78, 5) is 4.34. The fourth-order valence-corrected chi connectivity index (χ4v) is 3.13. The first-order chi connectivity index (χ1) is 13.5. The molecule has 0 spiro atoms. The number of halogens is 2. The molecule has 4 rings (SSSR count). The van der Waals surface area contributed by atoms with E-state index in [4.69, 9.17) is 9.47 Å². The standard InChI is InChI=1S/C22H18F2N2O2/c1-13-10-19-20(28-9-8-27-19)11-16(13)15-6-7-21(25-12-15)26-14(2)22-17(23)4-3-5-18(22)24/h3-7,10-12H,2,8-9H2,1H3,(H,25,26). The third-order valence-corrected chi connectivity index (χ3v) is 4.51. The van der Waals surface area contributed by atoms with Crippen LogP contribution in [0.1, 0.15) is 11.1 Å². The molecule has 0 fully saturated rings. The largest absolute Gasteiger partial charge is 0.486 e. The Kier molecular flexibility index (Phi) is 4.69. The fourth-order valence-electron chi connectivity index (χ4n) is 3.13. The molecule has 0 aliphatic carbocycles. The summed E-state index contributed by atoms with van der Waals surface area (Å²) in [6, 6.07) is 11.2. The number of fused-ring (bicyclic) bond motifs is 1. The highest BCUT2D eigenvalue weighted by molar-refractivity contribution is 5.76. The Labute approximate surface area is 161 Å². The van der Waals surface area contributed by atoms with E-state index in [0.717, 1.165) is 22.4 Å². The molecule has 1 aromatic heterocycles. The lowest BCUT2D eigenvalue weighted by Crippen LogP contribution is -2.15. The van der Waals surface area contributed by atoms with E-state index in [1.54, 1.807) is 12.3 Å². The molecule has 2 aromatic carbocycles. The van der Waals surface area contributed by atoms with Crippen molar-refractivity contribution in [3.8, 4) is 22.6 Å². The molecule has 0 saturated carbocycles. The van der Waals surface area contributed by atoms with E-state index in [0.29, 0.717) is 24.8 Å². The van der Waals surface area contributed by atoms with Crippen molar-refractivity contribution in [2.45, 2.75) is 6.92 Å². The van der Waals surface area contributed by atoms with E-state index in [1.807, 2.05) is 25.1 Å². The first kappa shape index (κ1) is 18.0. The van der Waals surface area contributed by atoms with Crippen molar-refractivity contribution >= 4 is 11.5 Å². The third kappa shape index (κ3) is 3.41. The number of aryl methyl sites for hydroxylation is 1. The molecule has 2 heterocycles. The second kappa shape index (κ2) is 7.31. The maximum Gasteiger partial charge on any atom is 0.161 e. The van der Waals surface area contributed by atoms with Crippen LogP contribution >= 0.6 is 0 Å². The predicted molar refractivity (Wildman–Crippen MR) is 104 cm³/mol. The maximum absolute atomic E-state index is 13.9. The SMILES string of the molecule is C=C(Nc1ccc(-c2cc3c(cc2C)OCCO3)cn1)c1c(F)cccc1F. The van der Waals surface area contributed by atoms with Crippen molar-refractivity contribution in [1.82, 2.24) is 4.98 Å². The molecule has 3 aromatic rings. The highest BCUT2D eigenvalue weighted by Gasteiger charge is 2.16. The summed E-state index contributed by atoms with van der Waals surface area (Å²) >= 11 is 0. The Morgan fingerprint density at radius 3 is 2.36 bits per heavy atom. The Hall–Kier alpha value is -3.41. The zero-order valence-corrected chi connectivity index (χ0v) is 15.3. The minimum Gasteiger partial charge on any atom is -0.486 e. The highest BCUT2D eigenvalue weighted by Crippen LogP contribution is 2.37. The van der Waals surface area contributed by atoms with Gasteiger partial charge in [-0.15, -0.1) is 0 Å². The van der Waals surface area contributed by atoms with Crippen molar-refractivity contribution in [3.63, 3.8) is 0 Å². The van der Waals surface area contributed by atoms with Crippen LogP contribution in [0.3, 0.4) is 0 Å². The summed E-state index contributed by atoms with van der Waals surface area (Å²) in [5, 5.41) is 2.85. The summed E-state index contributed by atoms with van der Waals surface area (Å²) in [7, 11) is 0. The molecule has 0 saturated heterocycles. The first-order valence-corrected chi connectivity index (χ1v) is 8.80. The lowest BCUT2D eigenvalue weighted by Gasteiger charge is -2.20. The van der Waals surface area contributed by atoms with Gasteiger partial charge in [-0.1, -0.05) is 12.6 Å². The van der Waals surface area contributed by atoms with Gasteiger partial charge in [0.05, 0.1) is 5.56 Å². The van der Waals surface area contributed by atoms with Gasteiger partial charge in [0.15, 0.2) is 11.5 Å². The molecule has 1 aliphatic heterocycles. The number of benzene rings is 2. The quantitative estimate of drug-likeness (QED) is 0.677. The minimum absolute atomic E-state index is 0.103. The molecule has 0 atom stereocenters. The molecule has 4 nitrogen and oxygen atoms in total. The van der Waals surface area contributed by atoms with Gasteiger partial charge in [-0.05, 0) is 54.4 Å². The van der Waals surface area contributed by atoms with Crippen LogP contribution in [0.2, 0.25) is 0 Å². The number of ether oxygens (including phenoxy) is 2. The summed E-state index contributed by atoms with van der Waals surface area (Å²) in [6.45, 7) is 6.77. The van der Waals surface area contributed by atoms with Gasteiger partial charge in [0.25, 0.3) is 0 Å². The average Bonchev–Trinajstić information content (AvgIpc) is 2.68. The van der Waals surface area contributed by atoms with Crippen molar-refractivity contribution < 1.29 is 18.3 Å². The van der Waals surface area contributed by atoms with Gasteiger partial charge in [-0.25, -0.2) is 13.8 Å². The van der Waals surface area contributed by atoms with E-state index in [1.165, 1.54) is 18.2 Å². The molecule has 0 unspecified atom stereocenters. The van der Waals surface area contributed by atoms with E-state index in [2.05, 4.69) is 16.9 Å². The average molecular weight is 380 g/mol. The number of nitrogens with one attached hydrogen (secondary N) is 1. The van der Waals surface area contributed by atoms with Gasteiger partial charge in [-0.3, -0.25) is 0 Å². The van der Waals surface area contributed by atoms with Crippen LogP contribution < -0.4 is 14.8 Å². The van der Waals surface area contributed by atoms with Crippen LogP contribution in [0.4, 0.5) is 14.6 Å². The van der Waals surface area contributed by atoms with Gasteiger partial charge in [0.2, 0.25) is 0 Å². The number of hydrogen-bond acceptors (Lipinski definition) is 4. The Bertz CT molecular complexity index is 1030. The third-order valence-electron chi connectivity index (χ3n) is 4.51. The number of nitrogens with zero attached hydrogens (tertiary/aromatic N) is 1. The van der Waals surface area contributed by atoms with Crippen LogP contribution in [0.15, 0.2) is 55.2 Å². The zero-order valence-electron chi connectivity index (χ0n) is 15.3. The number of hydrogen-bond donors (Lipinski definition) is 1. The first-order valence-electron chi connectivity index (χ1n) is 8.80. The van der Waals surface area contributed by atoms with Gasteiger partial charge < -0.3 is 14.8 Å². The van der Waals surface area contributed by atoms with Crippen molar-refractivity contribution in [2.24, 2.45) is 0 Å². The molecule has 28 heavy (non-hydrogen) atoms. The fraction of sp³-hybridized carbons (Fsp3) is 0.136. The number of pyridine rings is 1. The molecule has 1 aliphatic rings. The van der Waals surface area contributed by atoms with Gasteiger partial charge in [0, 0.05) is 17.5 Å². The van der Waals surface area contributed by atoms with Crippen LogP contribution in [0, 0.1) is 18.6 Å². The van der Waals surface area contributed by atoms with Crippen LogP contribution in [-0.4, -0.2) is 18.2 Å². The summed E-state index contributed by atoms with van der Waals surface area (Å²) in [5.41, 5.74) is 2.80. The molecule has 142 valence electrons. The van der Waals surface area contributed by atoms with E-state index in [-0.39, 0.29) is 11.3 Å².